The van der Waals surface area contributed by atoms with Crippen molar-refractivity contribution in [1.29, 1.82) is 0 Å². The van der Waals surface area contributed by atoms with Crippen LogP contribution in [0.3, 0.4) is 0 Å². The molecule has 0 radical (unpaired) electrons. The van der Waals surface area contributed by atoms with E-state index in [0.29, 0.717) is 10.7 Å². The molecule has 0 unspecified atom stereocenters. The smallest absolute Gasteiger partial charge is 0.234 e. The van der Waals surface area contributed by atoms with Gasteiger partial charge in [0.25, 0.3) is 0 Å². The Bertz CT molecular complexity index is 417. The van der Waals surface area contributed by atoms with Gasteiger partial charge in [0.2, 0.25) is 10.0 Å². The lowest BCUT2D eigenvalue weighted by atomic mass is 10.3. The third-order valence-corrected chi connectivity index (χ3v) is 4.05. The van der Waals surface area contributed by atoms with E-state index in [9.17, 15) is 8.42 Å². The van der Waals surface area contributed by atoms with Gasteiger partial charge in [-0.1, -0.05) is 23.7 Å². The number of rotatable bonds is 3. The fraction of sp³-hybridized carbons (Fsp3) is 0.333. The van der Waals surface area contributed by atoms with E-state index in [1.54, 1.807) is 31.2 Å². The van der Waals surface area contributed by atoms with E-state index >= 15 is 0 Å². The second-order valence-corrected chi connectivity index (χ2v) is 5.52. The first-order valence-electron chi connectivity index (χ1n) is 4.20. The predicted octanol–water partition coefficient (Wildman–Crippen LogP) is 2.13. The molecule has 0 fully saturated rings. The molecule has 78 valence electrons. The highest BCUT2D eigenvalue weighted by Crippen LogP contribution is 2.25. The minimum absolute atomic E-state index is 0.0642. The Labute approximate surface area is 89.4 Å². The van der Waals surface area contributed by atoms with Crippen molar-refractivity contribution in [2.45, 2.75) is 6.92 Å². The topological polar surface area (TPSA) is 37.4 Å². The lowest BCUT2D eigenvalue weighted by Gasteiger charge is -2.19. The quantitative estimate of drug-likeness (QED) is 0.802. The number of halogens is 1. The van der Waals surface area contributed by atoms with Crippen molar-refractivity contribution >= 4 is 27.3 Å². The van der Waals surface area contributed by atoms with Crippen molar-refractivity contribution in [3.05, 3.63) is 29.3 Å². The molecule has 0 saturated carbocycles. The molecule has 0 aliphatic carbocycles. The zero-order valence-corrected chi connectivity index (χ0v) is 9.64. The Hall–Kier alpha value is -0.740. The minimum Gasteiger partial charge on any atom is -0.272 e. The summed E-state index contributed by atoms with van der Waals surface area (Å²) in [5.41, 5.74) is 0.510. The fourth-order valence-corrected chi connectivity index (χ4v) is 2.21. The van der Waals surface area contributed by atoms with E-state index in [4.69, 9.17) is 11.6 Å². The Morgan fingerprint density at radius 2 is 1.93 bits per heavy atom. The van der Waals surface area contributed by atoms with E-state index in [-0.39, 0.29) is 5.75 Å². The number of sulfonamides is 1. The van der Waals surface area contributed by atoms with Gasteiger partial charge in [-0.2, -0.15) is 0 Å². The zero-order chi connectivity index (χ0) is 10.8. The van der Waals surface area contributed by atoms with Crippen LogP contribution in [0.1, 0.15) is 6.92 Å². The molecule has 1 aromatic carbocycles. The molecule has 0 aromatic heterocycles. The Balaban J connectivity index is 3.14. The molecule has 0 atom stereocenters. The molecule has 0 aliphatic heterocycles. The summed E-state index contributed by atoms with van der Waals surface area (Å²) in [5, 5.41) is 0.437. The minimum atomic E-state index is -3.22. The van der Waals surface area contributed by atoms with Gasteiger partial charge in [0.05, 0.1) is 16.5 Å². The molecule has 0 amide bonds. The van der Waals surface area contributed by atoms with Crippen LogP contribution < -0.4 is 4.31 Å². The second kappa shape index (κ2) is 4.19. The van der Waals surface area contributed by atoms with Crippen molar-refractivity contribution in [3.63, 3.8) is 0 Å². The summed E-state index contributed by atoms with van der Waals surface area (Å²) >= 11 is 5.88. The maximum atomic E-state index is 11.5. The summed E-state index contributed by atoms with van der Waals surface area (Å²) in [5.74, 6) is 0.0642. The van der Waals surface area contributed by atoms with Crippen LogP contribution >= 0.6 is 11.6 Å². The molecule has 0 aliphatic rings. The average molecular weight is 234 g/mol. The van der Waals surface area contributed by atoms with Crippen LogP contribution in [0, 0.1) is 0 Å². The van der Waals surface area contributed by atoms with E-state index < -0.39 is 10.0 Å². The number of benzene rings is 1. The second-order valence-electron chi connectivity index (χ2n) is 2.82. The molecule has 0 spiro atoms. The van der Waals surface area contributed by atoms with Gasteiger partial charge >= 0.3 is 0 Å². The molecule has 0 saturated heterocycles. The highest BCUT2D eigenvalue weighted by molar-refractivity contribution is 7.92. The highest BCUT2D eigenvalue weighted by atomic mass is 35.5. The van der Waals surface area contributed by atoms with Crippen LogP contribution in [0.25, 0.3) is 0 Å². The summed E-state index contributed by atoms with van der Waals surface area (Å²) in [6.45, 7) is 1.60. The van der Waals surface area contributed by atoms with E-state index in [2.05, 4.69) is 0 Å². The lowest BCUT2D eigenvalue weighted by Crippen LogP contribution is -2.28. The van der Waals surface area contributed by atoms with Crippen LogP contribution in [-0.4, -0.2) is 21.2 Å². The molecular weight excluding hydrogens is 222 g/mol. The Morgan fingerprint density at radius 3 is 2.43 bits per heavy atom. The van der Waals surface area contributed by atoms with Gasteiger partial charge < -0.3 is 0 Å². The van der Waals surface area contributed by atoms with E-state index in [1.165, 1.54) is 11.4 Å². The number of para-hydroxylation sites is 1. The first-order valence-corrected chi connectivity index (χ1v) is 6.19. The number of anilines is 1. The third kappa shape index (κ3) is 2.19. The molecule has 1 aromatic rings. The third-order valence-electron chi connectivity index (χ3n) is 1.97. The molecule has 1 rings (SSSR count). The molecule has 14 heavy (non-hydrogen) atoms. The van der Waals surface area contributed by atoms with Crippen LogP contribution in [0.2, 0.25) is 5.02 Å². The van der Waals surface area contributed by atoms with Crippen molar-refractivity contribution < 1.29 is 8.42 Å². The van der Waals surface area contributed by atoms with Crippen LogP contribution in [0.4, 0.5) is 5.69 Å². The number of nitrogens with zero attached hydrogens (tertiary/aromatic N) is 1. The molecule has 5 heteroatoms. The summed E-state index contributed by atoms with van der Waals surface area (Å²) in [6.07, 6.45) is 0. The fourth-order valence-electron chi connectivity index (χ4n) is 1.05. The van der Waals surface area contributed by atoms with Crippen LogP contribution in [0.15, 0.2) is 24.3 Å². The zero-order valence-electron chi connectivity index (χ0n) is 8.07. The monoisotopic (exact) mass is 233 g/mol. The van der Waals surface area contributed by atoms with Crippen molar-refractivity contribution in [1.82, 2.24) is 0 Å². The maximum Gasteiger partial charge on any atom is 0.234 e. The van der Waals surface area contributed by atoms with Gasteiger partial charge in [-0.15, -0.1) is 0 Å². The standard InChI is InChI=1S/C9H12ClNO2S/c1-3-14(12,13)11(2)9-7-5-4-6-8(9)10/h4-7H,3H2,1-2H3. The molecular formula is C9H12ClNO2S. The summed E-state index contributed by atoms with van der Waals surface area (Å²) in [7, 11) is -1.72. The molecule has 0 bridgehead atoms. The summed E-state index contributed by atoms with van der Waals surface area (Å²) < 4.78 is 24.2. The van der Waals surface area contributed by atoms with Gasteiger partial charge in [-0.3, -0.25) is 4.31 Å². The Kier molecular flexibility index (Phi) is 3.39. The van der Waals surface area contributed by atoms with Crippen LogP contribution in [-0.2, 0) is 10.0 Å². The van der Waals surface area contributed by atoms with Crippen molar-refractivity contribution in [2.75, 3.05) is 17.1 Å². The van der Waals surface area contributed by atoms with Gasteiger partial charge in [0.15, 0.2) is 0 Å². The molecule has 0 heterocycles. The van der Waals surface area contributed by atoms with Gasteiger partial charge in [-0.25, -0.2) is 8.42 Å². The van der Waals surface area contributed by atoms with E-state index in [0.717, 1.165) is 0 Å². The number of hydrogen-bond acceptors (Lipinski definition) is 2. The maximum absolute atomic E-state index is 11.5. The largest absolute Gasteiger partial charge is 0.272 e. The van der Waals surface area contributed by atoms with Gasteiger partial charge in [0.1, 0.15) is 0 Å². The normalized spacial score (nSPS) is 11.4. The summed E-state index contributed by atoms with van der Waals surface area (Å²) in [4.78, 5) is 0. The van der Waals surface area contributed by atoms with E-state index in [1.807, 2.05) is 0 Å². The predicted molar refractivity (Wildman–Crippen MR) is 59.3 cm³/mol. The highest BCUT2D eigenvalue weighted by Gasteiger charge is 2.17. The van der Waals surface area contributed by atoms with Crippen LogP contribution in [0.5, 0.6) is 0 Å². The molecule has 3 nitrogen and oxygen atoms in total. The average Bonchev–Trinajstić information content (AvgIpc) is 2.17. The number of hydrogen-bond donors (Lipinski definition) is 0. The van der Waals surface area contributed by atoms with Crippen molar-refractivity contribution in [2.24, 2.45) is 0 Å². The SMILES string of the molecule is CCS(=O)(=O)N(C)c1ccccc1Cl. The van der Waals surface area contributed by atoms with Crippen molar-refractivity contribution in [3.8, 4) is 0 Å². The van der Waals surface area contributed by atoms with Gasteiger partial charge in [0, 0.05) is 7.05 Å². The first-order chi connectivity index (χ1) is 6.49. The Morgan fingerprint density at radius 1 is 1.36 bits per heavy atom. The van der Waals surface area contributed by atoms with Gasteiger partial charge in [-0.05, 0) is 19.1 Å². The lowest BCUT2D eigenvalue weighted by molar-refractivity contribution is 0.595. The molecule has 0 N–H and O–H groups in total. The summed E-state index contributed by atoms with van der Waals surface area (Å²) in [6, 6.07) is 6.86. The first kappa shape index (κ1) is 11.3.